The summed E-state index contributed by atoms with van der Waals surface area (Å²) in [6.07, 6.45) is 1.53. The van der Waals surface area contributed by atoms with Gasteiger partial charge in [-0.2, -0.15) is 5.10 Å². The molecule has 2 amide bonds. The molecule has 37 heavy (non-hydrogen) atoms. The van der Waals surface area contributed by atoms with Crippen LogP contribution >= 0.6 is 0 Å². The third-order valence-corrected chi connectivity index (χ3v) is 6.17. The zero-order chi connectivity index (χ0) is 26.4. The van der Waals surface area contributed by atoms with Crippen molar-refractivity contribution in [1.29, 1.82) is 0 Å². The number of rotatable bonds is 9. The Hall–Kier alpha value is -4.26. The molecular weight excluding hydrogens is 467 g/mol. The van der Waals surface area contributed by atoms with Gasteiger partial charge in [-0.25, -0.2) is 9.07 Å². The first kappa shape index (κ1) is 25.8. The van der Waals surface area contributed by atoms with Crippen LogP contribution in [-0.2, 0) is 4.79 Å². The Morgan fingerprint density at radius 3 is 2.30 bits per heavy atom. The average Bonchev–Trinajstić information content (AvgIpc) is 3.22. The number of carbonyl (C=O) groups excluding carboxylic acids is 2. The van der Waals surface area contributed by atoms with Crippen LogP contribution in [0.2, 0.25) is 0 Å². The summed E-state index contributed by atoms with van der Waals surface area (Å²) in [7, 11) is 0. The number of unbranched alkanes of at least 4 members (excludes halogenated alkanes) is 1. The molecule has 0 fully saturated rings. The predicted octanol–water partition coefficient (Wildman–Crippen LogP) is 6.18. The number of nitrogens with zero attached hydrogens (tertiary/aromatic N) is 3. The summed E-state index contributed by atoms with van der Waals surface area (Å²) in [5, 5.41) is 7.75. The van der Waals surface area contributed by atoms with E-state index in [1.54, 1.807) is 10.7 Å². The second-order valence-electron chi connectivity index (χ2n) is 9.03. The van der Waals surface area contributed by atoms with Gasteiger partial charge in [-0.05, 0) is 50.1 Å². The first-order valence-corrected chi connectivity index (χ1v) is 12.4. The lowest BCUT2D eigenvalue weighted by atomic mass is 10.1. The number of hydrogen-bond donors (Lipinski definition) is 1. The van der Waals surface area contributed by atoms with Gasteiger partial charge in [-0.15, -0.1) is 0 Å². The summed E-state index contributed by atoms with van der Waals surface area (Å²) in [5.41, 5.74) is 4.34. The van der Waals surface area contributed by atoms with Crippen molar-refractivity contribution >= 4 is 17.6 Å². The number of aryl methyl sites for hydroxylation is 2. The number of hydrogen-bond acceptors (Lipinski definition) is 3. The Balaban J connectivity index is 1.68. The molecule has 0 radical (unpaired) electrons. The fourth-order valence-corrected chi connectivity index (χ4v) is 4.22. The second kappa shape index (κ2) is 11.6. The van der Waals surface area contributed by atoms with Crippen LogP contribution in [-0.4, -0.2) is 39.6 Å². The molecule has 0 aliphatic heterocycles. The maximum absolute atomic E-state index is 14.4. The van der Waals surface area contributed by atoms with Crippen molar-refractivity contribution in [2.45, 2.75) is 33.6 Å². The van der Waals surface area contributed by atoms with E-state index in [2.05, 4.69) is 5.32 Å². The quantitative estimate of drug-likeness (QED) is 0.300. The third-order valence-electron chi connectivity index (χ3n) is 6.17. The van der Waals surface area contributed by atoms with Crippen LogP contribution < -0.4 is 5.32 Å². The highest BCUT2D eigenvalue weighted by Gasteiger charge is 2.24. The Labute approximate surface area is 216 Å². The summed E-state index contributed by atoms with van der Waals surface area (Å²) in [5.74, 6) is -0.973. The molecule has 190 valence electrons. The number of anilines is 1. The van der Waals surface area contributed by atoms with E-state index in [0.717, 1.165) is 34.5 Å². The molecule has 6 nitrogen and oxygen atoms in total. The zero-order valence-corrected chi connectivity index (χ0v) is 21.4. The molecule has 3 aromatic carbocycles. The lowest BCUT2D eigenvalue weighted by molar-refractivity contribution is -0.117. The number of nitrogens with one attached hydrogen (secondary N) is 1. The topological polar surface area (TPSA) is 67.2 Å². The zero-order valence-electron chi connectivity index (χ0n) is 21.4. The van der Waals surface area contributed by atoms with Crippen molar-refractivity contribution in [2.75, 3.05) is 18.4 Å². The summed E-state index contributed by atoms with van der Waals surface area (Å²) < 4.78 is 16.1. The molecule has 0 saturated carbocycles. The first-order valence-electron chi connectivity index (χ1n) is 12.4. The Kier molecular flexibility index (Phi) is 8.13. The van der Waals surface area contributed by atoms with Crippen LogP contribution in [0.5, 0.6) is 0 Å². The van der Waals surface area contributed by atoms with E-state index < -0.39 is 11.7 Å². The smallest absolute Gasteiger partial charge is 0.257 e. The lowest BCUT2D eigenvalue weighted by Crippen LogP contribution is -2.39. The van der Waals surface area contributed by atoms with Gasteiger partial charge >= 0.3 is 0 Å². The molecule has 0 spiro atoms. The van der Waals surface area contributed by atoms with Gasteiger partial charge in [0, 0.05) is 12.1 Å². The summed E-state index contributed by atoms with van der Waals surface area (Å²) in [6.45, 7) is 6.05. The van der Waals surface area contributed by atoms with Crippen molar-refractivity contribution in [3.05, 3.63) is 102 Å². The molecule has 4 rings (SSSR count). The van der Waals surface area contributed by atoms with Crippen LogP contribution in [0, 0.1) is 19.7 Å². The van der Waals surface area contributed by atoms with E-state index >= 15 is 0 Å². The van der Waals surface area contributed by atoms with E-state index in [4.69, 9.17) is 5.10 Å². The van der Waals surface area contributed by atoms with Gasteiger partial charge in [-0.1, -0.05) is 73.5 Å². The maximum atomic E-state index is 14.4. The van der Waals surface area contributed by atoms with Crippen LogP contribution in [0.25, 0.3) is 16.8 Å². The van der Waals surface area contributed by atoms with Gasteiger partial charge in [-0.3, -0.25) is 9.59 Å². The Morgan fingerprint density at radius 1 is 0.946 bits per heavy atom. The maximum Gasteiger partial charge on any atom is 0.257 e. The summed E-state index contributed by atoms with van der Waals surface area (Å²) >= 11 is 0. The Morgan fingerprint density at radius 2 is 1.62 bits per heavy atom. The highest BCUT2D eigenvalue weighted by atomic mass is 19.1. The van der Waals surface area contributed by atoms with Crippen LogP contribution in [0.3, 0.4) is 0 Å². The molecule has 1 N–H and O–H groups in total. The van der Waals surface area contributed by atoms with Gasteiger partial charge in [0.15, 0.2) is 0 Å². The molecule has 1 heterocycles. The molecule has 0 saturated heterocycles. The van der Waals surface area contributed by atoms with Gasteiger partial charge < -0.3 is 10.2 Å². The van der Waals surface area contributed by atoms with Crippen molar-refractivity contribution in [3.8, 4) is 16.8 Å². The average molecular weight is 499 g/mol. The van der Waals surface area contributed by atoms with Crippen molar-refractivity contribution < 1.29 is 14.0 Å². The number of halogens is 1. The molecule has 4 aromatic rings. The highest BCUT2D eigenvalue weighted by Crippen LogP contribution is 2.33. The number of amides is 2. The Bertz CT molecular complexity index is 1380. The van der Waals surface area contributed by atoms with E-state index in [9.17, 15) is 14.0 Å². The first-order chi connectivity index (χ1) is 17.9. The van der Waals surface area contributed by atoms with Crippen molar-refractivity contribution in [1.82, 2.24) is 14.7 Å². The number of carbonyl (C=O) groups is 2. The van der Waals surface area contributed by atoms with Gasteiger partial charge in [0.2, 0.25) is 5.91 Å². The molecule has 7 heteroatoms. The summed E-state index contributed by atoms with van der Waals surface area (Å²) in [4.78, 5) is 28.0. The highest BCUT2D eigenvalue weighted by molar-refractivity contribution is 6.01. The number of benzene rings is 3. The van der Waals surface area contributed by atoms with Gasteiger partial charge in [0.1, 0.15) is 18.2 Å². The second-order valence-corrected chi connectivity index (χ2v) is 9.03. The fourth-order valence-electron chi connectivity index (χ4n) is 4.22. The van der Waals surface area contributed by atoms with Gasteiger partial charge in [0.25, 0.3) is 5.91 Å². The molecule has 0 atom stereocenters. The van der Waals surface area contributed by atoms with Crippen molar-refractivity contribution in [2.24, 2.45) is 0 Å². The predicted molar refractivity (Wildman–Crippen MR) is 144 cm³/mol. The normalized spacial score (nSPS) is 10.8. The molecule has 0 bridgehead atoms. The molecule has 1 aromatic heterocycles. The van der Waals surface area contributed by atoms with Gasteiger partial charge in [0.05, 0.1) is 16.9 Å². The van der Waals surface area contributed by atoms with Crippen LogP contribution in [0.4, 0.5) is 10.2 Å². The standard InChI is InChI=1S/C30H31FN4O2/c1-4-5-19-34(30(37)25-13-9-10-14-26(25)31)20-27(36)32-29-28(23-11-7-6-8-12-23)22(3)33-35(29)24-17-15-21(2)16-18-24/h6-18H,4-5,19-20H2,1-3H3,(H,32,36). The number of aromatic nitrogens is 2. The molecule has 0 aliphatic rings. The van der Waals surface area contributed by atoms with E-state index in [0.29, 0.717) is 18.8 Å². The van der Waals surface area contributed by atoms with E-state index in [1.165, 1.54) is 23.1 Å². The van der Waals surface area contributed by atoms with Crippen LogP contribution in [0.15, 0.2) is 78.9 Å². The lowest BCUT2D eigenvalue weighted by Gasteiger charge is -2.23. The van der Waals surface area contributed by atoms with Crippen LogP contribution in [0.1, 0.15) is 41.4 Å². The minimum atomic E-state index is -0.603. The fraction of sp³-hybridized carbons (Fsp3) is 0.233. The van der Waals surface area contributed by atoms with E-state index in [1.807, 2.05) is 75.4 Å². The minimum absolute atomic E-state index is 0.0445. The molecule has 0 unspecified atom stereocenters. The molecule has 0 aliphatic carbocycles. The van der Waals surface area contributed by atoms with E-state index in [-0.39, 0.29) is 18.0 Å². The monoisotopic (exact) mass is 498 g/mol. The minimum Gasteiger partial charge on any atom is -0.329 e. The SMILES string of the molecule is CCCCN(CC(=O)Nc1c(-c2ccccc2)c(C)nn1-c1ccc(C)cc1)C(=O)c1ccccc1F. The third kappa shape index (κ3) is 5.94. The molecular formula is C30H31FN4O2. The van der Waals surface area contributed by atoms with Crippen molar-refractivity contribution in [3.63, 3.8) is 0 Å². The largest absolute Gasteiger partial charge is 0.329 e. The summed E-state index contributed by atoms with van der Waals surface area (Å²) in [6, 6.07) is 23.4.